The monoisotopic (exact) mass is 318 g/mol. The van der Waals surface area contributed by atoms with Gasteiger partial charge in [0.1, 0.15) is 5.00 Å². The van der Waals surface area contributed by atoms with Gasteiger partial charge in [0.2, 0.25) is 0 Å². The lowest BCUT2D eigenvalue weighted by Gasteiger charge is -2.11. The van der Waals surface area contributed by atoms with Crippen LogP contribution in [0.3, 0.4) is 0 Å². The number of amides is 2. The number of carbonyl (C=O) groups excluding carboxylic acids is 1. The highest BCUT2D eigenvalue weighted by atomic mass is 32.2. The van der Waals surface area contributed by atoms with Gasteiger partial charge in [-0.05, 0) is 24.3 Å². The summed E-state index contributed by atoms with van der Waals surface area (Å²) < 4.78 is 23.2. The molecule has 1 atom stereocenters. The molecule has 0 radical (unpaired) electrons. The second-order valence-corrected chi connectivity index (χ2v) is 7.75. The van der Waals surface area contributed by atoms with Gasteiger partial charge in [-0.3, -0.25) is 5.32 Å². The van der Waals surface area contributed by atoms with Crippen molar-refractivity contribution in [1.29, 1.82) is 0 Å². The minimum atomic E-state index is -3.10. The maximum absolute atomic E-state index is 11.6. The summed E-state index contributed by atoms with van der Waals surface area (Å²) >= 11 is 1.09. The summed E-state index contributed by atoms with van der Waals surface area (Å²) in [6.45, 7) is 0.0436. The van der Waals surface area contributed by atoms with Crippen molar-refractivity contribution in [2.75, 3.05) is 17.6 Å². The Balaban J connectivity index is 1.90. The minimum Gasteiger partial charge on any atom is -0.478 e. The number of sulfone groups is 1. The Labute approximate surface area is 119 Å². The normalized spacial score (nSPS) is 20.5. The fraction of sp³-hybridized carbons (Fsp3) is 0.455. The second kappa shape index (κ2) is 5.80. The molecule has 20 heavy (non-hydrogen) atoms. The Bertz CT molecular complexity index is 623. The fourth-order valence-electron chi connectivity index (χ4n) is 2.02. The first-order valence-corrected chi connectivity index (χ1v) is 8.57. The van der Waals surface area contributed by atoms with E-state index in [9.17, 15) is 18.0 Å². The molecule has 1 fully saturated rings. The van der Waals surface area contributed by atoms with Crippen molar-refractivity contribution in [3.05, 3.63) is 17.0 Å². The third-order valence-electron chi connectivity index (χ3n) is 3.08. The van der Waals surface area contributed by atoms with Crippen LogP contribution in [0.4, 0.5) is 9.80 Å². The molecule has 0 bridgehead atoms. The quantitative estimate of drug-likeness (QED) is 0.770. The van der Waals surface area contributed by atoms with Gasteiger partial charge in [-0.1, -0.05) is 0 Å². The first-order valence-electron chi connectivity index (χ1n) is 5.97. The molecule has 0 aliphatic carbocycles. The van der Waals surface area contributed by atoms with Gasteiger partial charge in [0.25, 0.3) is 0 Å². The van der Waals surface area contributed by atoms with E-state index in [1.807, 2.05) is 0 Å². The number of hydrogen-bond donors (Lipinski definition) is 3. The van der Waals surface area contributed by atoms with Gasteiger partial charge >= 0.3 is 12.0 Å². The predicted molar refractivity (Wildman–Crippen MR) is 75.1 cm³/mol. The van der Waals surface area contributed by atoms with E-state index in [1.54, 1.807) is 5.38 Å². The van der Waals surface area contributed by atoms with E-state index in [2.05, 4.69) is 10.6 Å². The lowest BCUT2D eigenvalue weighted by molar-refractivity contribution is 0.0698. The Morgan fingerprint density at radius 2 is 2.20 bits per heavy atom. The van der Waals surface area contributed by atoms with Crippen LogP contribution >= 0.6 is 11.3 Å². The van der Waals surface area contributed by atoms with Gasteiger partial charge in [0.15, 0.2) is 9.84 Å². The molecule has 0 saturated carbocycles. The number of carboxylic acids is 1. The first-order chi connectivity index (χ1) is 9.40. The summed E-state index contributed by atoms with van der Waals surface area (Å²) in [4.78, 5) is 22.5. The van der Waals surface area contributed by atoms with Crippen LogP contribution in [0.1, 0.15) is 23.2 Å². The summed E-state index contributed by atoms with van der Waals surface area (Å²) in [5.74, 6) is -0.963. The Morgan fingerprint density at radius 3 is 2.80 bits per heavy atom. The molecular weight excluding hydrogens is 304 g/mol. The zero-order valence-electron chi connectivity index (χ0n) is 10.5. The van der Waals surface area contributed by atoms with E-state index < -0.39 is 27.1 Å². The number of urea groups is 1. The molecule has 0 aromatic carbocycles. The lowest BCUT2D eigenvalue weighted by atomic mass is 10.2. The highest BCUT2D eigenvalue weighted by Crippen LogP contribution is 2.23. The number of carbonyl (C=O) groups is 2. The number of nitrogens with one attached hydrogen (secondary N) is 2. The van der Waals surface area contributed by atoms with Crippen LogP contribution in [-0.2, 0) is 9.84 Å². The van der Waals surface area contributed by atoms with E-state index in [0.717, 1.165) is 11.3 Å². The zero-order valence-corrected chi connectivity index (χ0v) is 12.1. The van der Waals surface area contributed by atoms with E-state index >= 15 is 0 Å². The van der Waals surface area contributed by atoms with Crippen LogP contribution in [0, 0.1) is 0 Å². The molecule has 1 aliphatic heterocycles. The van der Waals surface area contributed by atoms with Crippen LogP contribution < -0.4 is 10.6 Å². The standard InChI is InChI=1S/C11H14N2O5S2/c14-10(15)8-3-4-19-9(8)13-11(16)12-6-7-2-1-5-20(7,17)18/h3-4,7H,1-2,5-6H2,(H,14,15)(H2,12,13,16). The molecular formula is C11H14N2O5S2. The smallest absolute Gasteiger partial charge is 0.338 e. The molecule has 1 aromatic rings. The van der Waals surface area contributed by atoms with E-state index in [1.165, 1.54) is 6.07 Å². The average molecular weight is 318 g/mol. The molecule has 9 heteroatoms. The van der Waals surface area contributed by atoms with Gasteiger partial charge in [0, 0.05) is 6.54 Å². The maximum Gasteiger partial charge on any atom is 0.338 e. The lowest BCUT2D eigenvalue weighted by Crippen LogP contribution is -2.37. The molecule has 2 amide bonds. The van der Waals surface area contributed by atoms with Crippen molar-refractivity contribution in [3.8, 4) is 0 Å². The SMILES string of the molecule is O=C(NCC1CCCS1(=O)=O)Nc1sccc1C(=O)O. The molecule has 1 aromatic heterocycles. The Kier molecular flexibility index (Phi) is 4.29. The van der Waals surface area contributed by atoms with Crippen LogP contribution in [0.25, 0.3) is 0 Å². The highest BCUT2D eigenvalue weighted by Gasteiger charge is 2.31. The van der Waals surface area contributed by atoms with Crippen molar-refractivity contribution in [3.63, 3.8) is 0 Å². The molecule has 0 spiro atoms. The van der Waals surface area contributed by atoms with Crippen molar-refractivity contribution in [1.82, 2.24) is 5.32 Å². The minimum absolute atomic E-state index is 0.0126. The van der Waals surface area contributed by atoms with Gasteiger partial charge < -0.3 is 10.4 Å². The van der Waals surface area contributed by atoms with E-state index in [0.29, 0.717) is 12.8 Å². The van der Waals surface area contributed by atoms with Crippen LogP contribution in [0.15, 0.2) is 11.4 Å². The summed E-state index contributed by atoms with van der Waals surface area (Å²) in [6.07, 6.45) is 1.16. The summed E-state index contributed by atoms with van der Waals surface area (Å²) in [5, 5.41) is 15.0. The number of anilines is 1. The van der Waals surface area contributed by atoms with Crippen molar-refractivity contribution < 1.29 is 23.1 Å². The molecule has 2 heterocycles. The number of carboxylic acid groups (broad SMARTS) is 1. The van der Waals surface area contributed by atoms with Crippen LogP contribution in [-0.4, -0.2) is 43.1 Å². The van der Waals surface area contributed by atoms with Crippen molar-refractivity contribution >= 4 is 38.2 Å². The number of thiophene rings is 1. The molecule has 1 saturated heterocycles. The molecule has 110 valence electrons. The van der Waals surface area contributed by atoms with Gasteiger partial charge in [0.05, 0.1) is 16.6 Å². The zero-order chi connectivity index (χ0) is 14.8. The van der Waals surface area contributed by atoms with E-state index in [4.69, 9.17) is 5.11 Å². The number of hydrogen-bond acceptors (Lipinski definition) is 5. The molecule has 2 rings (SSSR count). The topological polar surface area (TPSA) is 113 Å². The first kappa shape index (κ1) is 14.8. The largest absolute Gasteiger partial charge is 0.478 e. The number of rotatable bonds is 4. The van der Waals surface area contributed by atoms with Crippen LogP contribution in [0.5, 0.6) is 0 Å². The third-order valence-corrected chi connectivity index (χ3v) is 6.18. The van der Waals surface area contributed by atoms with Gasteiger partial charge in [-0.15, -0.1) is 11.3 Å². The van der Waals surface area contributed by atoms with Crippen LogP contribution in [0.2, 0.25) is 0 Å². The van der Waals surface area contributed by atoms with Crippen molar-refractivity contribution in [2.45, 2.75) is 18.1 Å². The molecule has 1 unspecified atom stereocenters. The van der Waals surface area contributed by atoms with Gasteiger partial charge in [-0.25, -0.2) is 18.0 Å². The summed E-state index contributed by atoms with van der Waals surface area (Å²) in [7, 11) is -3.10. The summed E-state index contributed by atoms with van der Waals surface area (Å²) in [6, 6.07) is 0.793. The second-order valence-electron chi connectivity index (χ2n) is 4.43. The predicted octanol–water partition coefficient (Wildman–Crippen LogP) is 1.15. The van der Waals surface area contributed by atoms with Crippen molar-refractivity contribution in [2.24, 2.45) is 0 Å². The maximum atomic E-state index is 11.6. The third kappa shape index (κ3) is 3.28. The van der Waals surface area contributed by atoms with Gasteiger partial charge in [-0.2, -0.15) is 0 Å². The summed E-state index contributed by atoms with van der Waals surface area (Å²) in [5.41, 5.74) is 0.0126. The molecule has 1 aliphatic rings. The molecule has 3 N–H and O–H groups in total. The Morgan fingerprint density at radius 1 is 1.45 bits per heavy atom. The fourth-order valence-corrected chi connectivity index (χ4v) is 4.56. The van der Waals surface area contributed by atoms with E-state index in [-0.39, 0.29) is 22.9 Å². The Hall–Kier alpha value is -1.61. The number of aromatic carboxylic acids is 1. The highest BCUT2D eigenvalue weighted by molar-refractivity contribution is 7.92. The average Bonchev–Trinajstić information content (AvgIpc) is 2.93. The molecule has 7 nitrogen and oxygen atoms in total.